The first-order chi connectivity index (χ1) is 5.71. The summed E-state index contributed by atoms with van der Waals surface area (Å²) in [6, 6.07) is 0. The summed E-state index contributed by atoms with van der Waals surface area (Å²) in [5.41, 5.74) is -0.878. The highest BCUT2D eigenvalue weighted by Crippen LogP contribution is 2.31. The molecule has 0 spiro atoms. The van der Waals surface area contributed by atoms with E-state index in [9.17, 15) is 8.78 Å². The van der Waals surface area contributed by atoms with E-state index >= 15 is 0 Å². The van der Waals surface area contributed by atoms with Gasteiger partial charge in [-0.1, -0.05) is 25.7 Å². The SMILES string of the molecule is CNC1(C(F)F)CCCCCC1. The maximum absolute atomic E-state index is 12.7. The van der Waals surface area contributed by atoms with Gasteiger partial charge in [0.05, 0.1) is 5.54 Å². The van der Waals surface area contributed by atoms with Gasteiger partial charge in [-0.15, -0.1) is 0 Å². The van der Waals surface area contributed by atoms with Crippen LogP contribution in [0.3, 0.4) is 0 Å². The summed E-state index contributed by atoms with van der Waals surface area (Å²) in [6.45, 7) is 0. The Morgan fingerprint density at radius 2 is 1.58 bits per heavy atom. The molecule has 0 aromatic rings. The van der Waals surface area contributed by atoms with Gasteiger partial charge in [0, 0.05) is 0 Å². The van der Waals surface area contributed by atoms with Crippen LogP contribution in [0.15, 0.2) is 0 Å². The Labute approximate surface area is 72.5 Å². The Morgan fingerprint density at radius 3 is 1.92 bits per heavy atom. The van der Waals surface area contributed by atoms with Crippen LogP contribution in [0.5, 0.6) is 0 Å². The summed E-state index contributed by atoms with van der Waals surface area (Å²) in [7, 11) is 1.65. The summed E-state index contributed by atoms with van der Waals surface area (Å²) >= 11 is 0. The van der Waals surface area contributed by atoms with Crippen molar-refractivity contribution in [3.63, 3.8) is 0 Å². The fraction of sp³-hybridized carbons (Fsp3) is 1.00. The molecular formula is C9H17F2N. The molecule has 1 rings (SSSR count). The van der Waals surface area contributed by atoms with Crippen LogP contribution < -0.4 is 5.32 Å². The van der Waals surface area contributed by atoms with Gasteiger partial charge in [0.2, 0.25) is 0 Å². The van der Waals surface area contributed by atoms with Crippen LogP contribution in [0.25, 0.3) is 0 Å². The second-order valence-corrected chi connectivity index (χ2v) is 3.62. The van der Waals surface area contributed by atoms with Gasteiger partial charge < -0.3 is 5.32 Å². The Hall–Kier alpha value is -0.180. The molecule has 0 radical (unpaired) electrons. The molecule has 0 heterocycles. The first-order valence-electron chi connectivity index (χ1n) is 4.68. The lowest BCUT2D eigenvalue weighted by molar-refractivity contribution is 0.0246. The van der Waals surface area contributed by atoms with E-state index in [-0.39, 0.29) is 0 Å². The van der Waals surface area contributed by atoms with E-state index in [4.69, 9.17) is 0 Å². The third kappa shape index (κ3) is 1.94. The molecule has 72 valence electrons. The van der Waals surface area contributed by atoms with Crippen LogP contribution in [0.4, 0.5) is 8.78 Å². The number of hydrogen-bond donors (Lipinski definition) is 1. The maximum atomic E-state index is 12.7. The lowest BCUT2D eigenvalue weighted by Crippen LogP contribution is -2.49. The molecule has 1 aliphatic carbocycles. The Kier molecular flexibility index (Phi) is 3.44. The van der Waals surface area contributed by atoms with E-state index in [1.165, 1.54) is 0 Å². The summed E-state index contributed by atoms with van der Waals surface area (Å²) < 4.78 is 25.4. The molecule has 1 saturated carbocycles. The molecule has 0 saturated heterocycles. The zero-order chi connectivity index (χ0) is 9.03. The Morgan fingerprint density at radius 1 is 1.08 bits per heavy atom. The van der Waals surface area contributed by atoms with Gasteiger partial charge in [0.25, 0.3) is 6.43 Å². The molecule has 1 N–H and O–H groups in total. The van der Waals surface area contributed by atoms with Crippen molar-refractivity contribution >= 4 is 0 Å². The molecule has 1 aliphatic rings. The van der Waals surface area contributed by atoms with E-state index in [2.05, 4.69) is 5.32 Å². The van der Waals surface area contributed by atoms with E-state index in [1.807, 2.05) is 0 Å². The van der Waals surface area contributed by atoms with Crippen LogP contribution in [-0.2, 0) is 0 Å². The molecule has 1 nitrogen and oxygen atoms in total. The van der Waals surface area contributed by atoms with E-state index in [0.717, 1.165) is 25.7 Å². The Balaban J connectivity index is 2.61. The highest BCUT2D eigenvalue weighted by Gasteiger charge is 2.38. The van der Waals surface area contributed by atoms with Crippen molar-refractivity contribution in [2.75, 3.05) is 7.05 Å². The first kappa shape index (κ1) is 9.90. The van der Waals surface area contributed by atoms with Gasteiger partial charge in [0.15, 0.2) is 0 Å². The topological polar surface area (TPSA) is 12.0 Å². The second-order valence-electron chi connectivity index (χ2n) is 3.62. The Bertz CT molecular complexity index is 128. The average Bonchev–Trinajstić information content (AvgIpc) is 2.29. The molecule has 0 unspecified atom stereocenters. The molecule has 0 amide bonds. The number of alkyl halides is 2. The molecule has 0 atom stereocenters. The van der Waals surface area contributed by atoms with Crippen LogP contribution >= 0.6 is 0 Å². The standard InChI is InChI=1S/C9H17F2N/c1-12-9(8(10)11)6-4-2-3-5-7-9/h8,12H,2-7H2,1H3. The van der Waals surface area contributed by atoms with E-state index in [1.54, 1.807) is 7.05 Å². The van der Waals surface area contributed by atoms with Crippen molar-refractivity contribution in [1.29, 1.82) is 0 Å². The van der Waals surface area contributed by atoms with Gasteiger partial charge >= 0.3 is 0 Å². The highest BCUT2D eigenvalue weighted by molar-refractivity contribution is 4.90. The predicted molar refractivity (Wildman–Crippen MR) is 45.5 cm³/mol. The van der Waals surface area contributed by atoms with Crippen molar-refractivity contribution in [3.8, 4) is 0 Å². The van der Waals surface area contributed by atoms with Gasteiger partial charge in [-0.05, 0) is 19.9 Å². The predicted octanol–water partition coefficient (Wildman–Crippen LogP) is 2.56. The minimum atomic E-state index is -2.22. The third-order valence-corrected chi connectivity index (χ3v) is 2.91. The minimum absolute atomic E-state index is 0.626. The quantitative estimate of drug-likeness (QED) is 0.639. The van der Waals surface area contributed by atoms with E-state index < -0.39 is 12.0 Å². The third-order valence-electron chi connectivity index (χ3n) is 2.91. The summed E-state index contributed by atoms with van der Waals surface area (Å²) in [5.74, 6) is 0. The first-order valence-corrected chi connectivity index (χ1v) is 4.68. The second kappa shape index (κ2) is 4.17. The van der Waals surface area contributed by atoms with Crippen LogP contribution in [0, 0.1) is 0 Å². The number of nitrogens with one attached hydrogen (secondary N) is 1. The van der Waals surface area contributed by atoms with Crippen LogP contribution in [0.1, 0.15) is 38.5 Å². The van der Waals surface area contributed by atoms with Crippen molar-refractivity contribution in [2.24, 2.45) is 0 Å². The average molecular weight is 177 g/mol. The van der Waals surface area contributed by atoms with Gasteiger partial charge in [-0.25, -0.2) is 8.78 Å². The largest absolute Gasteiger partial charge is 0.309 e. The van der Waals surface area contributed by atoms with Gasteiger partial charge in [0.1, 0.15) is 0 Å². The summed E-state index contributed by atoms with van der Waals surface area (Å²) in [4.78, 5) is 0. The zero-order valence-electron chi connectivity index (χ0n) is 7.58. The fourth-order valence-corrected chi connectivity index (χ4v) is 1.94. The molecule has 0 aliphatic heterocycles. The molecule has 0 bridgehead atoms. The minimum Gasteiger partial charge on any atom is -0.309 e. The molecular weight excluding hydrogens is 160 g/mol. The smallest absolute Gasteiger partial charge is 0.256 e. The lowest BCUT2D eigenvalue weighted by atomic mass is 9.91. The van der Waals surface area contributed by atoms with Crippen LogP contribution in [-0.4, -0.2) is 19.0 Å². The van der Waals surface area contributed by atoms with Crippen molar-refractivity contribution in [1.82, 2.24) is 5.32 Å². The highest BCUT2D eigenvalue weighted by atomic mass is 19.3. The molecule has 0 aromatic carbocycles. The normalized spacial score (nSPS) is 24.0. The fourth-order valence-electron chi connectivity index (χ4n) is 1.94. The van der Waals surface area contributed by atoms with Crippen molar-refractivity contribution < 1.29 is 8.78 Å². The summed E-state index contributed by atoms with van der Waals surface area (Å²) in [5, 5.41) is 2.81. The molecule has 1 fully saturated rings. The molecule has 3 heteroatoms. The maximum Gasteiger partial charge on any atom is 0.256 e. The summed E-state index contributed by atoms with van der Waals surface area (Å²) in [6.07, 6.45) is 3.12. The van der Waals surface area contributed by atoms with E-state index in [0.29, 0.717) is 12.8 Å². The number of halogens is 2. The molecule has 12 heavy (non-hydrogen) atoms. The van der Waals surface area contributed by atoms with Crippen LogP contribution in [0.2, 0.25) is 0 Å². The van der Waals surface area contributed by atoms with Crippen molar-refractivity contribution in [3.05, 3.63) is 0 Å². The number of hydrogen-bond acceptors (Lipinski definition) is 1. The lowest BCUT2D eigenvalue weighted by Gasteiger charge is -2.31. The van der Waals surface area contributed by atoms with Gasteiger partial charge in [-0.2, -0.15) is 0 Å². The van der Waals surface area contributed by atoms with Gasteiger partial charge in [-0.3, -0.25) is 0 Å². The number of rotatable bonds is 2. The monoisotopic (exact) mass is 177 g/mol. The van der Waals surface area contributed by atoms with Crippen molar-refractivity contribution in [2.45, 2.75) is 50.5 Å². The zero-order valence-corrected chi connectivity index (χ0v) is 7.58. The molecule has 0 aromatic heterocycles.